The summed E-state index contributed by atoms with van der Waals surface area (Å²) in [6.45, 7) is 31.0. The predicted octanol–water partition coefficient (Wildman–Crippen LogP) is 13.7. The highest BCUT2D eigenvalue weighted by molar-refractivity contribution is 6.05. The van der Waals surface area contributed by atoms with E-state index in [4.69, 9.17) is 0 Å². The van der Waals surface area contributed by atoms with Crippen molar-refractivity contribution in [3.05, 3.63) is 139 Å². The summed E-state index contributed by atoms with van der Waals surface area (Å²) in [5.74, 6) is 1.04. The van der Waals surface area contributed by atoms with Crippen molar-refractivity contribution >= 4 is 43.6 Å². The molecular formula is C52H60N2O2. The van der Waals surface area contributed by atoms with E-state index in [1.54, 1.807) is 0 Å². The van der Waals surface area contributed by atoms with Crippen LogP contribution in [0.1, 0.15) is 154 Å². The summed E-state index contributed by atoms with van der Waals surface area (Å²) in [5, 5.41) is 2.58. The molecule has 0 unspecified atom stereocenters. The Hall–Kier alpha value is -4.96. The van der Waals surface area contributed by atoms with Crippen molar-refractivity contribution in [3.63, 3.8) is 0 Å². The highest BCUT2D eigenvalue weighted by Gasteiger charge is 2.24. The number of pyridine rings is 2. The van der Waals surface area contributed by atoms with E-state index in [-0.39, 0.29) is 45.4 Å². The number of hydrogen-bond acceptors (Lipinski definition) is 2. The molecule has 0 spiro atoms. The quantitative estimate of drug-likeness (QED) is 0.159. The van der Waals surface area contributed by atoms with E-state index in [0.29, 0.717) is 21.5 Å². The van der Waals surface area contributed by atoms with Gasteiger partial charge in [0.25, 0.3) is 0 Å². The van der Waals surface area contributed by atoms with Crippen molar-refractivity contribution in [3.8, 4) is 11.4 Å². The lowest BCUT2D eigenvalue weighted by Gasteiger charge is -2.24. The van der Waals surface area contributed by atoms with Gasteiger partial charge < -0.3 is 9.13 Å². The lowest BCUT2D eigenvalue weighted by atomic mass is 9.87. The molecule has 0 aliphatic rings. The molecule has 4 nitrogen and oxygen atoms in total. The smallest absolute Gasteiger partial charge is 0.197 e. The third kappa shape index (κ3) is 6.59. The van der Waals surface area contributed by atoms with Gasteiger partial charge in [-0.2, -0.15) is 0 Å². The van der Waals surface area contributed by atoms with E-state index in [0.717, 1.165) is 33.4 Å². The molecule has 0 radical (unpaired) electrons. The van der Waals surface area contributed by atoms with Crippen LogP contribution in [0.15, 0.2) is 94.5 Å². The Balaban J connectivity index is 1.72. The third-order valence-electron chi connectivity index (χ3n) is 11.9. The van der Waals surface area contributed by atoms with E-state index >= 15 is 9.59 Å². The van der Waals surface area contributed by atoms with Crippen LogP contribution in [0.25, 0.3) is 55.0 Å². The monoisotopic (exact) mass is 744 g/mol. The average molecular weight is 745 g/mol. The molecule has 0 N–H and O–H groups in total. The molecule has 290 valence electrons. The topological polar surface area (TPSA) is 44.0 Å². The highest BCUT2D eigenvalue weighted by Crippen LogP contribution is 2.37. The fourth-order valence-corrected chi connectivity index (χ4v) is 8.61. The second kappa shape index (κ2) is 13.9. The minimum absolute atomic E-state index is 0.0130. The zero-order chi connectivity index (χ0) is 40.8. The molecule has 0 amide bonds. The van der Waals surface area contributed by atoms with E-state index in [9.17, 15) is 0 Å². The van der Waals surface area contributed by atoms with E-state index in [1.165, 1.54) is 33.4 Å². The lowest BCUT2D eigenvalue weighted by Crippen LogP contribution is -2.17. The molecule has 2 heterocycles. The maximum Gasteiger partial charge on any atom is 0.197 e. The van der Waals surface area contributed by atoms with Crippen LogP contribution in [-0.4, -0.2) is 9.13 Å². The van der Waals surface area contributed by atoms with Gasteiger partial charge >= 0.3 is 0 Å². The summed E-state index contributed by atoms with van der Waals surface area (Å²) in [6, 6.07) is 30.2. The highest BCUT2D eigenvalue weighted by atomic mass is 16.1. The number of rotatable bonds is 6. The third-order valence-corrected chi connectivity index (χ3v) is 11.9. The number of fused-ring (bicyclic) bond motifs is 4. The maximum atomic E-state index is 15.1. The second-order valence-corrected chi connectivity index (χ2v) is 19.4. The van der Waals surface area contributed by atoms with Crippen molar-refractivity contribution < 1.29 is 0 Å². The fourth-order valence-electron chi connectivity index (χ4n) is 8.61. The van der Waals surface area contributed by atoms with Gasteiger partial charge in [-0.25, -0.2) is 0 Å². The minimum Gasteiger partial charge on any atom is -0.309 e. The Morgan fingerprint density at radius 3 is 0.893 bits per heavy atom. The molecule has 0 fully saturated rings. The average Bonchev–Trinajstić information content (AvgIpc) is 3.13. The second-order valence-electron chi connectivity index (χ2n) is 19.4. The van der Waals surface area contributed by atoms with Gasteiger partial charge in [-0.1, -0.05) is 121 Å². The fraction of sp³-hybridized carbons (Fsp3) is 0.385. The van der Waals surface area contributed by atoms with Gasteiger partial charge in [-0.3, -0.25) is 9.59 Å². The molecule has 2 aromatic heterocycles. The van der Waals surface area contributed by atoms with Crippen LogP contribution in [-0.2, 0) is 10.8 Å². The largest absolute Gasteiger partial charge is 0.309 e. The Kier molecular flexibility index (Phi) is 9.75. The van der Waals surface area contributed by atoms with E-state index in [1.807, 2.05) is 12.1 Å². The standard InChI is InChI=1S/C52H60N2O2/c1-29(2)37-23-41-45(25-39(37)31(5)6)53(35-19-15-33(16-20-35)51(9,10)11)47-28-44-48(27-43(47)49(41)55)54(36-21-17-34(18-22-36)52(12,13)14)46-26-40(32(7)8)38(30(3)4)24-42(46)50(44)56/h15-32H,1-14H3. The normalized spacial score (nSPS) is 12.9. The van der Waals surface area contributed by atoms with Gasteiger partial charge in [0, 0.05) is 32.9 Å². The Morgan fingerprint density at radius 2 is 0.625 bits per heavy atom. The molecule has 0 saturated heterocycles. The van der Waals surface area contributed by atoms with Crippen molar-refractivity contribution in [2.75, 3.05) is 0 Å². The minimum atomic E-state index is -0.0168. The lowest BCUT2D eigenvalue weighted by molar-refractivity contribution is 0.590. The first-order valence-corrected chi connectivity index (χ1v) is 20.6. The Bertz CT molecular complexity index is 2580. The molecule has 7 aromatic rings. The zero-order valence-electron chi connectivity index (χ0n) is 36.1. The van der Waals surface area contributed by atoms with Crippen LogP contribution >= 0.6 is 0 Å². The summed E-state index contributed by atoms with van der Waals surface area (Å²) < 4.78 is 4.45. The molecule has 0 bridgehead atoms. The molecule has 0 aliphatic carbocycles. The molecular weight excluding hydrogens is 685 g/mol. The molecule has 0 saturated carbocycles. The van der Waals surface area contributed by atoms with E-state index < -0.39 is 0 Å². The molecule has 0 aliphatic heterocycles. The molecule has 4 heteroatoms. The van der Waals surface area contributed by atoms with Crippen molar-refractivity contribution in [2.45, 2.75) is 131 Å². The number of nitrogens with zero attached hydrogens (tertiary/aromatic N) is 2. The zero-order valence-corrected chi connectivity index (χ0v) is 36.1. The SMILES string of the molecule is CC(C)c1cc2c(=O)c3cc4c(cc3n(-c3ccc(C(C)(C)C)cc3)c2cc1C(C)C)c(=O)c1cc(C(C)C)c(C(C)C)cc1n4-c1ccc(C(C)(C)C)cc1. The van der Waals surface area contributed by atoms with Gasteiger partial charge in [0.2, 0.25) is 0 Å². The molecule has 56 heavy (non-hydrogen) atoms. The van der Waals surface area contributed by atoms with Gasteiger partial charge in [0.15, 0.2) is 10.9 Å². The predicted molar refractivity (Wildman–Crippen MR) is 241 cm³/mol. The van der Waals surface area contributed by atoms with Crippen LogP contribution in [0, 0.1) is 0 Å². The van der Waals surface area contributed by atoms with Gasteiger partial charge in [-0.15, -0.1) is 0 Å². The molecule has 0 atom stereocenters. The van der Waals surface area contributed by atoms with Crippen LogP contribution in [0.3, 0.4) is 0 Å². The van der Waals surface area contributed by atoms with Crippen molar-refractivity contribution in [2.24, 2.45) is 0 Å². The summed E-state index contributed by atoms with van der Waals surface area (Å²) in [7, 11) is 0. The van der Waals surface area contributed by atoms with Crippen molar-refractivity contribution in [1.82, 2.24) is 9.13 Å². The summed E-state index contributed by atoms with van der Waals surface area (Å²) in [5.41, 5.74) is 12.4. The van der Waals surface area contributed by atoms with Crippen LogP contribution in [0.2, 0.25) is 0 Å². The summed E-state index contributed by atoms with van der Waals surface area (Å²) in [6.07, 6.45) is 0. The Labute approximate surface area is 333 Å². The number of hydrogen-bond donors (Lipinski definition) is 0. The number of benzene rings is 5. The van der Waals surface area contributed by atoms with Gasteiger partial charge in [0.1, 0.15) is 0 Å². The van der Waals surface area contributed by atoms with Gasteiger partial charge in [-0.05, 0) is 129 Å². The van der Waals surface area contributed by atoms with Crippen LogP contribution in [0.5, 0.6) is 0 Å². The number of aromatic nitrogens is 2. The van der Waals surface area contributed by atoms with Gasteiger partial charge in [0.05, 0.1) is 22.1 Å². The maximum absolute atomic E-state index is 15.1. The Morgan fingerprint density at radius 1 is 0.375 bits per heavy atom. The summed E-state index contributed by atoms with van der Waals surface area (Å²) >= 11 is 0. The summed E-state index contributed by atoms with van der Waals surface area (Å²) in [4.78, 5) is 30.1. The van der Waals surface area contributed by atoms with Crippen LogP contribution in [0.4, 0.5) is 0 Å². The first kappa shape index (κ1) is 39.3. The molecule has 5 aromatic carbocycles. The first-order chi connectivity index (χ1) is 26.2. The van der Waals surface area contributed by atoms with E-state index in [2.05, 4.69) is 179 Å². The van der Waals surface area contributed by atoms with Crippen LogP contribution < -0.4 is 10.9 Å². The first-order valence-electron chi connectivity index (χ1n) is 20.6. The molecule has 7 rings (SSSR count). The van der Waals surface area contributed by atoms with Crippen molar-refractivity contribution in [1.29, 1.82) is 0 Å².